The summed E-state index contributed by atoms with van der Waals surface area (Å²) < 4.78 is -0.639. The Morgan fingerprint density at radius 2 is 2.03 bits per heavy atom. The van der Waals surface area contributed by atoms with Gasteiger partial charge < -0.3 is 20.6 Å². The van der Waals surface area contributed by atoms with E-state index in [1.54, 1.807) is 16.7 Å². The number of carbonyl (C=O) groups is 3. The highest BCUT2D eigenvalue weighted by Crippen LogP contribution is 2.66. The molecule has 3 heterocycles. The molecule has 2 bridgehead atoms. The Morgan fingerprint density at radius 3 is 2.70 bits per heavy atom. The lowest BCUT2D eigenvalue weighted by atomic mass is 9.70. The van der Waals surface area contributed by atoms with E-state index in [0.29, 0.717) is 13.0 Å². The largest absolute Gasteiger partial charge is 0.394 e. The summed E-state index contributed by atoms with van der Waals surface area (Å²) in [6.07, 6.45) is 2.91. The monoisotopic (exact) mass is 473 g/mol. The standard InChI is InChI=1S/C25H35N3O4S/c1-5-11-26-22(30)19-18-9-10-25(33-18)20(19)24(32)28(16(6-2)13-29)21(25)23(31)27-17-12-14(3)7-8-15(17)4/h7-8,12,16,18-21,29H,5-6,9-11,13H2,1-4H3,(H,26,30)(H,27,31)/t16-,18-,19+,20-,21?,25?/m0/s1. The van der Waals surface area contributed by atoms with E-state index in [9.17, 15) is 19.5 Å². The van der Waals surface area contributed by atoms with Crippen LogP contribution in [0.4, 0.5) is 5.69 Å². The number of hydrogen-bond donors (Lipinski definition) is 3. The number of anilines is 1. The minimum atomic E-state index is -0.717. The molecule has 2 unspecified atom stereocenters. The van der Waals surface area contributed by atoms with Crippen molar-refractivity contribution in [3.8, 4) is 0 Å². The van der Waals surface area contributed by atoms with Gasteiger partial charge >= 0.3 is 0 Å². The van der Waals surface area contributed by atoms with E-state index in [1.165, 1.54) is 0 Å². The minimum Gasteiger partial charge on any atom is -0.394 e. The highest BCUT2D eigenvalue weighted by Gasteiger charge is 2.74. The van der Waals surface area contributed by atoms with Crippen LogP contribution in [0, 0.1) is 25.7 Å². The molecule has 3 N–H and O–H groups in total. The molecule has 3 aliphatic rings. The molecular formula is C25H35N3O4S. The van der Waals surface area contributed by atoms with Gasteiger partial charge in [0.15, 0.2) is 0 Å². The number of amides is 3. The minimum absolute atomic E-state index is 0.0446. The molecular weight excluding hydrogens is 438 g/mol. The quantitative estimate of drug-likeness (QED) is 0.539. The second kappa shape index (κ2) is 9.29. The molecule has 1 spiro atoms. The van der Waals surface area contributed by atoms with Crippen molar-refractivity contribution in [3.05, 3.63) is 29.3 Å². The number of nitrogens with one attached hydrogen (secondary N) is 2. The van der Waals surface area contributed by atoms with Crippen LogP contribution in [0.3, 0.4) is 0 Å². The molecule has 4 rings (SSSR count). The zero-order valence-electron chi connectivity index (χ0n) is 19.9. The molecule has 3 amide bonds. The second-order valence-electron chi connectivity index (χ2n) is 9.64. The van der Waals surface area contributed by atoms with E-state index in [1.807, 2.05) is 45.9 Å². The van der Waals surface area contributed by atoms with Gasteiger partial charge in [-0.2, -0.15) is 0 Å². The number of carbonyl (C=O) groups excluding carboxylic acids is 3. The topological polar surface area (TPSA) is 98.7 Å². The predicted molar refractivity (Wildman–Crippen MR) is 130 cm³/mol. The summed E-state index contributed by atoms with van der Waals surface area (Å²) in [5.41, 5.74) is 2.73. The summed E-state index contributed by atoms with van der Waals surface area (Å²) in [7, 11) is 0. The smallest absolute Gasteiger partial charge is 0.248 e. The number of likely N-dealkylation sites (tertiary alicyclic amines) is 1. The number of rotatable bonds is 8. The summed E-state index contributed by atoms with van der Waals surface area (Å²) in [6, 6.07) is 4.73. The van der Waals surface area contributed by atoms with E-state index < -0.39 is 28.7 Å². The van der Waals surface area contributed by atoms with Crippen molar-refractivity contribution in [1.29, 1.82) is 0 Å². The number of benzene rings is 1. The van der Waals surface area contributed by atoms with Gasteiger partial charge in [0.05, 0.1) is 29.2 Å². The maximum Gasteiger partial charge on any atom is 0.248 e. The lowest BCUT2D eigenvalue weighted by Crippen LogP contribution is -2.54. The molecule has 1 aromatic carbocycles. The fourth-order valence-electron chi connectivity index (χ4n) is 5.94. The molecule has 0 aliphatic carbocycles. The summed E-state index contributed by atoms with van der Waals surface area (Å²) in [5.74, 6) is -1.44. The van der Waals surface area contributed by atoms with Crippen LogP contribution in [0.2, 0.25) is 0 Å². The molecule has 3 fully saturated rings. The van der Waals surface area contributed by atoms with Crippen molar-refractivity contribution in [2.45, 2.75) is 75.5 Å². The second-order valence-corrected chi connectivity index (χ2v) is 11.2. The third kappa shape index (κ3) is 3.85. The number of aliphatic hydroxyl groups is 1. The molecule has 180 valence electrons. The van der Waals surface area contributed by atoms with E-state index in [-0.39, 0.29) is 29.6 Å². The lowest BCUT2D eigenvalue weighted by molar-refractivity contribution is -0.142. The summed E-state index contributed by atoms with van der Waals surface area (Å²) >= 11 is 1.65. The van der Waals surface area contributed by atoms with Gasteiger partial charge in [0.1, 0.15) is 6.04 Å². The number of aryl methyl sites for hydroxylation is 2. The van der Waals surface area contributed by atoms with Gasteiger partial charge in [-0.3, -0.25) is 14.4 Å². The molecule has 8 heteroatoms. The maximum atomic E-state index is 13.8. The molecule has 3 aliphatic heterocycles. The van der Waals surface area contributed by atoms with Crippen LogP contribution in [-0.2, 0) is 14.4 Å². The molecule has 3 saturated heterocycles. The molecule has 0 radical (unpaired) electrons. The van der Waals surface area contributed by atoms with Crippen molar-refractivity contribution in [1.82, 2.24) is 10.2 Å². The number of hydrogen-bond acceptors (Lipinski definition) is 5. The van der Waals surface area contributed by atoms with Crippen LogP contribution in [0.15, 0.2) is 18.2 Å². The van der Waals surface area contributed by atoms with Crippen LogP contribution in [0.25, 0.3) is 0 Å². The van der Waals surface area contributed by atoms with E-state index in [4.69, 9.17) is 0 Å². The van der Waals surface area contributed by atoms with Crippen molar-refractivity contribution < 1.29 is 19.5 Å². The van der Waals surface area contributed by atoms with Crippen molar-refractivity contribution in [2.24, 2.45) is 11.8 Å². The van der Waals surface area contributed by atoms with E-state index >= 15 is 0 Å². The van der Waals surface area contributed by atoms with Crippen molar-refractivity contribution >= 4 is 35.2 Å². The zero-order chi connectivity index (χ0) is 23.9. The van der Waals surface area contributed by atoms with Gasteiger partial charge in [-0.1, -0.05) is 26.0 Å². The third-order valence-electron chi connectivity index (χ3n) is 7.56. The Morgan fingerprint density at radius 1 is 1.27 bits per heavy atom. The zero-order valence-corrected chi connectivity index (χ0v) is 20.7. The summed E-state index contributed by atoms with van der Waals surface area (Å²) in [6.45, 7) is 8.20. The molecule has 0 aromatic heterocycles. The van der Waals surface area contributed by atoms with Crippen LogP contribution in [0.5, 0.6) is 0 Å². The number of aliphatic hydroxyl groups excluding tert-OH is 1. The highest BCUT2D eigenvalue weighted by atomic mass is 32.2. The number of fused-ring (bicyclic) bond motifs is 1. The average molecular weight is 474 g/mol. The lowest BCUT2D eigenvalue weighted by Gasteiger charge is -2.36. The number of thioether (sulfide) groups is 1. The van der Waals surface area contributed by atoms with Crippen LogP contribution in [-0.4, -0.2) is 63.0 Å². The maximum absolute atomic E-state index is 13.8. The van der Waals surface area contributed by atoms with E-state index in [2.05, 4.69) is 10.6 Å². The highest BCUT2D eigenvalue weighted by molar-refractivity contribution is 8.02. The summed E-state index contributed by atoms with van der Waals surface area (Å²) in [4.78, 5) is 42.4. The first-order chi connectivity index (χ1) is 15.8. The predicted octanol–water partition coefficient (Wildman–Crippen LogP) is 2.63. The molecule has 0 saturated carbocycles. The fourth-order valence-corrected chi connectivity index (χ4v) is 8.14. The molecule has 7 nitrogen and oxygen atoms in total. The average Bonchev–Trinajstić information content (AvgIpc) is 3.43. The normalized spacial score (nSPS) is 30.9. The summed E-state index contributed by atoms with van der Waals surface area (Å²) in [5, 5.41) is 16.2. The Labute approximate surface area is 200 Å². The Kier molecular flexibility index (Phi) is 6.78. The van der Waals surface area contributed by atoms with Gasteiger partial charge in [0.2, 0.25) is 17.7 Å². The SMILES string of the molecule is CCCNC(=O)[C@@H]1[C@@H]2CCC3(S2)C(C(=O)Nc2cc(C)ccc2C)N([C@@H](CC)CO)C(=O)[C@H]13. The van der Waals surface area contributed by atoms with Crippen LogP contribution in [0.1, 0.15) is 50.7 Å². The van der Waals surface area contributed by atoms with E-state index in [0.717, 1.165) is 36.1 Å². The Hall–Kier alpha value is -2.06. The van der Waals surface area contributed by atoms with Gasteiger partial charge in [0, 0.05) is 17.5 Å². The third-order valence-corrected chi connectivity index (χ3v) is 9.52. The first kappa shape index (κ1) is 24.1. The number of nitrogens with zero attached hydrogens (tertiary/aromatic N) is 1. The first-order valence-corrected chi connectivity index (χ1v) is 12.9. The van der Waals surface area contributed by atoms with Gasteiger partial charge in [-0.05, 0) is 56.7 Å². The molecule has 33 heavy (non-hydrogen) atoms. The van der Waals surface area contributed by atoms with Gasteiger partial charge in [-0.25, -0.2) is 0 Å². The Bertz CT molecular complexity index is 950. The Balaban J connectivity index is 1.72. The van der Waals surface area contributed by atoms with Crippen LogP contribution < -0.4 is 10.6 Å². The molecule has 6 atom stereocenters. The fraction of sp³-hybridized carbons (Fsp3) is 0.640. The molecule has 1 aromatic rings. The van der Waals surface area contributed by atoms with Crippen molar-refractivity contribution in [3.63, 3.8) is 0 Å². The van der Waals surface area contributed by atoms with Crippen molar-refractivity contribution in [2.75, 3.05) is 18.5 Å². The van der Waals surface area contributed by atoms with Gasteiger partial charge in [0.25, 0.3) is 0 Å². The first-order valence-electron chi connectivity index (χ1n) is 12.1. The van der Waals surface area contributed by atoms with Crippen LogP contribution >= 0.6 is 11.8 Å². The van der Waals surface area contributed by atoms with Gasteiger partial charge in [-0.15, -0.1) is 11.8 Å².